The molecule has 6 nitrogen and oxygen atoms in total. The molecule has 3 aliphatic rings. The molecule has 0 aliphatic heterocycles. The van der Waals surface area contributed by atoms with Crippen LogP contribution in [0.3, 0.4) is 0 Å². The monoisotopic (exact) mass is 547 g/mol. The fourth-order valence-electron chi connectivity index (χ4n) is 6.08. The number of amides is 1. The number of halogens is 3. The minimum absolute atomic E-state index is 0.0191. The van der Waals surface area contributed by atoms with E-state index in [-0.39, 0.29) is 33.9 Å². The Hall–Kier alpha value is -4.01. The number of benzene rings is 1. The van der Waals surface area contributed by atoms with Crippen molar-refractivity contribution in [1.29, 1.82) is 0 Å². The number of carbonyl (C=O) groups is 2. The van der Waals surface area contributed by atoms with Gasteiger partial charge in [-0.25, -0.2) is 4.98 Å². The largest absolute Gasteiger partial charge is 0.437 e. The van der Waals surface area contributed by atoms with Gasteiger partial charge in [0.15, 0.2) is 5.78 Å². The molecule has 3 heterocycles. The van der Waals surface area contributed by atoms with E-state index < -0.39 is 24.9 Å². The number of aromatic nitrogens is 2. The zero-order valence-corrected chi connectivity index (χ0v) is 22.2. The summed E-state index contributed by atoms with van der Waals surface area (Å²) in [6, 6.07) is 10.7. The standard InChI is InChI=1S/C31H28F3N3O3/c1-17-3-5-19(6-4-17)27-26(28(39)35-2)23-10-22(24(37-29(23)40-27)7-8-31(32,33)34)20-9-21(16-36-15-20)25(38)14-30-11-18(12-30)13-30/h3-6,9-10,15-16,18H,7-8,11-14H2,1-2H3,(H,35,39). The number of aryl methyl sites for hydroxylation is 2. The molecule has 0 saturated heterocycles. The molecular formula is C31H28F3N3O3. The summed E-state index contributed by atoms with van der Waals surface area (Å²) >= 11 is 0. The zero-order valence-electron chi connectivity index (χ0n) is 22.2. The van der Waals surface area contributed by atoms with Crippen molar-refractivity contribution in [2.75, 3.05) is 7.05 Å². The van der Waals surface area contributed by atoms with Crippen molar-refractivity contribution in [3.05, 3.63) is 71.2 Å². The second kappa shape index (κ2) is 9.57. The molecule has 3 saturated carbocycles. The van der Waals surface area contributed by atoms with Crippen molar-refractivity contribution in [2.24, 2.45) is 11.3 Å². The molecule has 3 fully saturated rings. The Morgan fingerprint density at radius 2 is 1.80 bits per heavy atom. The van der Waals surface area contributed by atoms with Crippen LogP contribution >= 0.6 is 0 Å². The van der Waals surface area contributed by atoms with Crippen LogP contribution in [-0.2, 0) is 6.42 Å². The molecule has 0 spiro atoms. The lowest BCUT2D eigenvalue weighted by Crippen LogP contribution is -2.52. The molecule has 3 aliphatic carbocycles. The van der Waals surface area contributed by atoms with Gasteiger partial charge in [0.2, 0.25) is 5.71 Å². The molecule has 1 amide bonds. The number of ketones is 1. The predicted octanol–water partition coefficient (Wildman–Crippen LogP) is 7.09. The van der Waals surface area contributed by atoms with E-state index in [4.69, 9.17) is 4.42 Å². The maximum Gasteiger partial charge on any atom is 0.389 e. The number of alkyl halides is 3. The number of nitrogens with zero attached hydrogens (tertiary/aromatic N) is 2. The van der Waals surface area contributed by atoms with E-state index in [0.29, 0.717) is 34.1 Å². The minimum Gasteiger partial charge on any atom is -0.437 e. The number of hydrogen-bond donors (Lipinski definition) is 1. The van der Waals surface area contributed by atoms with Crippen molar-refractivity contribution in [3.63, 3.8) is 0 Å². The number of rotatable bonds is 8. The van der Waals surface area contributed by atoms with E-state index in [2.05, 4.69) is 15.3 Å². The Bertz CT molecular complexity index is 1620. The van der Waals surface area contributed by atoms with Crippen molar-refractivity contribution >= 4 is 22.8 Å². The van der Waals surface area contributed by atoms with Gasteiger partial charge in [-0.2, -0.15) is 13.2 Å². The molecule has 206 valence electrons. The average Bonchev–Trinajstić information content (AvgIpc) is 3.26. The molecule has 4 aromatic rings. The highest BCUT2D eigenvalue weighted by Gasteiger charge is 2.56. The quantitative estimate of drug-likeness (QED) is 0.238. The number of nitrogens with one attached hydrogen (secondary N) is 1. The van der Waals surface area contributed by atoms with E-state index in [1.54, 1.807) is 12.1 Å². The van der Waals surface area contributed by atoms with Gasteiger partial charge in [-0.1, -0.05) is 29.8 Å². The number of carbonyl (C=O) groups excluding carboxylic acids is 2. The van der Waals surface area contributed by atoms with E-state index in [9.17, 15) is 22.8 Å². The van der Waals surface area contributed by atoms with Crippen LogP contribution < -0.4 is 5.32 Å². The lowest BCUT2D eigenvalue weighted by Gasteiger charge is -2.61. The van der Waals surface area contributed by atoms with Crippen LogP contribution in [-0.4, -0.2) is 34.9 Å². The summed E-state index contributed by atoms with van der Waals surface area (Å²) in [7, 11) is 1.50. The molecule has 40 heavy (non-hydrogen) atoms. The fraction of sp³-hybridized carbons (Fsp3) is 0.355. The molecule has 3 aromatic heterocycles. The summed E-state index contributed by atoms with van der Waals surface area (Å²) in [4.78, 5) is 34.9. The van der Waals surface area contributed by atoms with Crippen molar-refractivity contribution in [3.8, 4) is 22.5 Å². The maximum absolute atomic E-state index is 13.3. The third-order valence-corrected chi connectivity index (χ3v) is 8.25. The Labute approximate surface area is 229 Å². The van der Waals surface area contributed by atoms with Crippen LogP contribution in [0.4, 0.5) is 13.2 Å². The fourth-order valence-corrected chi connectivity index (χ4v) is 6.08. The molecule has 2 bridgehead atoms. The van der Waals surface area contributed by atoms with Gasteiger partial charge in [0.05, 0.1) is 16.6 Å². The molecule has 0 unspecified atom stereocenters. The van der Waals surface area contributed by atoms with Crippen molar-refractivity contribution in [1.82, 2.24) is 15.3 Å². The molecule has 0 atom stereocenters. The van der Waals surface area contributed by atoms with Crippen LogP contribution in [0.2, 0.25) is 0 Å². The normalized spacial score (nSPS) is 19.7. The highest BCUT2D eigenvalue weighted by atomic mass is 19.4. The lowest BCUT2D eigenvalue weighted by molar-refractivity contribution is -0.134. The average molecular weight is 548 g/mol. The van der Waals surface area contributed by atoms with Crippen LogP contribution in [0.5, 0.6) is 0 Å². The first-order valence-electron chi connectivity index (χ1n) is 13.4. The van der Waals surface area contributed by atoms with E-state index >= 15 is 0 Å². The highest BCUT2D eigenvalue weighted by Crippen LogP contribution is 2.66. The minimum atomic E-state index is -4.39. The van der Waals surface area contributed by atoms with Crippen LogP contribution in [0.25, 0.3) is 33.6 Å². The number of Topliss-reactive ketones (excluding diaryl/α,β-unsaturated/α-hetero) is 1. The molecule has 1 aromatic carbocycles. The number of furan rings is 1. The lowest BCUT2D eigenvalue weighted by atomic mass is 9.43. The molecule has 9 heteroatoms. The van der Waals surface area contributed by atoms with Crippen molar-refractivity contribution in [2.45, 2.75) is 51.6 Å². The first kappa shape index (κ1) is 26.2. The molecule has 0 radical (unpaired) electrons. The maximum atomic E-state index is 13.3. The Morgan fingerprint density at radius 1 is 1.07 bits per heavy atom. The van der Waals surface area contributed by atoms with Gasteiger partial charge >= 0.3 is 6.18 Å². The molecule has 1 N–H and O–H groups in total. The smallest absolute Gasteiger partial charge is 0.389 e. The van der Waals surface area contributed by atoms with Gasteiger partial charge in [0, 0.05) is 54.5 Å². The second-order valence-corrected chi connectivity index (χ2v) is 11.2. The second-order valence-electron chi connectivity index (χ2n) is 11.2. The third-order valence-electron chi connectivity index (χ3n) is 8.25. The summed E-state index contributed by atoms with van der Waals surface area (Å²) in [6.07, 6.45) is 0.849. The summed E-state index contributed by atoms with van der Waals surface area (Å²) in [5.74, 6) is 0.599. The zero-order chi connectivity index (χ0) is 28.2. The van der Waals surface area contributed by atoms with E-state index in [0.717, 1.165) is 30.7 Å². The van der Waals surface area contributed by atoms with Gasteiger partial charge in [0.25, 0.3) is 5.91 Å². The predicted molar refractivity (Wildman–Crippen MR) is 144 cm³/mol. The first-order valence-corrected chi connectivity index (χ1v) is 13.4. The first-order chi connectivity index (χ1) is 19.0. The van der Waals surface area contributed by atoms with Crippen LogP contribution in [0, 0.1) is 18.3 Å². The van der Waals surface area contributed by atoms with Gasteiger partial charge in [-0.3, -0.25) is 14.6 Å². The molecule has 7 rings (SSSR count). The summed E-state index contributed by atoms with van der Waals surface area (Å²) < 4.78 is 45.8. The highest BCUT2D eigenvalue weighted by molar-refractivity contribution is 6.11. The number of pyridine rings is 2. The van der Waals surface area contributed by atoms with E-state index in [1.165, 1.54) is 19.4 Å². The summed E-state index contributed by atoms with van der Waals surface area (Å²) in [6.45, 7) is 1.94. The molecular weight excluding hydrogens is 519 g/mol. The summed E-state index contributed by atoms with van der Waals surface area (Å²) in [5, 5.41) is 2.99. The number of hydrogen-bond acceptors (Lipinski definition) is 5. The SMILES string of the molecule is CNC(=O)c1c(-c2ccc(C)cc2)oc2nc(CCC(F)(F)F)c(-c3cncc(C(=O)CC45CC(C4)C5)c3)cc12. The van der Waals surface area contributed by atoms with Crippen LogP contribution in [0.15, 0.2) is 53.2 Å². The Morgan fingerprint density at radius 3 is 2.42 bits per heavy atom. The topological polar surface area (TPSA) is 85.1 Å². The van der Waals surface area contributed by atoms with E-state index in [1.807, 2.05) is 31.2 Å². The Kier molecular flexibility index (Phi) is 6.27. The third kappa shape index (κ3) is 4.78. The van der Waals surface area contributed by atoms with Gasteiger partial charge in [0.1, 0.15) is 5.76 Å². The van der Waals surface area contributed by atoms with Gasteiger partial charge < -0.3 is 9.73 Å². The van der Waals surface area contributed by atoms with Crippen molar-refractivity contribution < 1.29 is 27.2 Å². The van der Waals surface area contributed by atoms with Gasteiger partial charge in [-0.05, 0) is 56.1 Å². The Balaban J connectivity index is 1.47. The summed E-state index contributed by atoms with van der Waals surface area (Å²) in [5.41, 5.74) is 3.51. The van der Waals surface area contributed by atoms with Crippen LogP contribution in [0.1, 0.15) is 64.1 Å². The van der Waals surface area contributed by atoms with Gasteiger partial charge in [-0.15, -0.1) is 0 Å². The number of fused-ring (bicyclic) bond motifs is 1.